The van der Waals surface area contributed by atoms with Crippen molar-refractivity contribution in [2.45, 2.75) is 0 Å². The van der Waals surface area contributed by atoms with E-state index in [-0.39, 0.29) is 17.1 Å². The van der Waals surface area contributed by atoms with Gasteiger partial charge in [-0.2, -0.15) is 0 Å². The molecule has 5 heteroatoms. The van der Waals surface area contributed by atoms with Gasteiger partial charge in [-0.3, -0.25) is 4.79 Å². The van der Waals surface area contributed by atoms with E-state index in [1.165, 1.54) is 12.1 Å². The highest BCUT2D eigenvalue weighted by Crippen LogP contribution is 2.26. The highest BCUT2D eigenvalue weighted by Gasteiger charge is 2.14. The molecule has 0 saturated heterocycles. The number of phenolic OH excluding ortho intramolecular Hbond substituents is 1. The van der Waals surface area contributed by atoms with Gasteiger partial charge in [-0.05, 0) is 24.3 Å². The molecule has 0 spiro atoms. The maximum Gasteiger partial charge on any atom is 0.274 e. The van der Waals surface area contributed by atoms with E-state index in [9.17, 15) is 14.3 Å². The molecule has 0 aliphatic heterocycles. The molecule has 0 aliphatic rings. The highest BCUT2D eigenvalue weighted by molar-refractivity contribution is 6.04. The maximum atomic E-state index is 13.6. The summed E-state index contributed by atoms with van der Waals surface area (Å²) in [4.78, 5) is 16.3. The summed E-state index contributed by atoms with van der Waals surface area (Å²) in [5.41, 5.74) is 0.566. The molecular formula is C16H11FN2O2. The summed E-state index contributed by atoms with van der Waals surface area (Å²) < 4.78 is 13.6. The van der Waals surface area contributed by atoms with Gasteiger partial charge in [0.15, 0.2) is 5.82 Å². The summed E-state index contributed by atoms with van der Waals surface area (Å²) in [6, 6.07) is 14.5. The monoisotopic (exact) mass is 282 g/mol. The quantitative estimate of drug-likeness (QED) is 0.709. The number of aromatic hydroxyl groups is 1. The molecule has 1 amide bonds. The number of amides is 1. The Kier molecular flexibility index (Phi) is 3.23. The summed E-state index contributed by atoms with van der Waals surface area (Å²) >= 11 is 0. The van der Waals surface area contributed by atoms with Gasteiger partial charge in [-0.15, -0.1) is 0 Å². The number of carbonyl (C=O) groups is 1. The van der Waals surface area contributed by atoms with Crippen molar-refractivity contribution < 1.29 is 14.3 Å². The Labute approximate surface area is 119 Å². The van der Waals surface area contributed by atoms with Crippen molar-refractivity contribution in [2.75, 3.05) is 5.32 Å². The Morgan fingerprint density at radius 2 is 1.86 bits per heavy atom. The lowest BCUT2D eigenvalue weighted by Crippen LogP contribution is -2.14. The number of nitrogens with zero attached hydrogens (tertiary/aromatic N) is 1. The van der Waals surface area contributed by atoms with Crippen LogP contribution >= 0.6 is 0 Å². The second-order valence-corrected chi connectivity index (χ2v) is 4.48. The minimum atomic E-state index is -0.705. The Bertz CT molecular complexity index is 813. The van der Waals surface area contributed by atoms with Crippen LogP contribution in [0.25, 0.3) is 10.9 Å². The van der Waals surface area contributed by atoms with Crippen LogP contribution in [0.2, 0.25) is 0 Å². The molecular weight excluding hydrogens is 271 g/mol. The van der Waals surface area contributed by atoms with E-state index in [2.05, 4.69) is 10.3 Å². The number of hydrogen-bond acceptors (Lipinski definition) is 3. The van der Waals surface area contributed by atoms with Gasteiger partial charge in [0.2, 0.25) is 0 Å². The fraction of sp³-hybridized carbons (Fsp3) is 0. The zero-order chi connectivity index (χ0) is 14.8. The van der Waals surface area contributed by atoms with E-state index < -0.39 is 11.7 Å². The Morgan fingerprint density at radius 1 is 1.05 bits per heavy atom. The van der Waals surface area contributed by atoms with E-state index in [0.717, 1.165) is 11.5 Å². The van der Waals surface area contributed by atoms with Gasteiger partial charge in [0.05, 0.1) is 5.52 Å². The van der Waals surface area contributed by atoms with Gasteiger partial charge in [0, 0.05) is 5.39 Å². The Morgan fingerprint density at radius 3 is 2.67 bits per heavy atom. The lowest BCUT2D eigenvalue weighted by molar-refractivity contribution is 0.102. The largest absolute Gasteiger partial charge is 0.506 e. The lowest BCUT2D eigenvalue weighted by Gasteiger charge is -2.08. The van der Waals surface area contributed by atoms with E-state index >= 15 is 0 Å². The van der Waals surface area contributed by atoms with Crippen LogP contribution in [0.15, 0.2) is 54.6 Å². The number of pyridine rings is 1. The fourth-order valence-electron chi connectivity index (χ4n) is 2.01. The first-order valence-corrected chi connectivity index (χ1v) is 6.30. The van der Waals surface area contributed by atoms with Crippen LogP contribution in [0.1, 0.15) is 10.5 Å². The van der Waals surface area contributed by atoms with E-state index in [4.69, 9.17) is 0 Å². The summed E-state index contributed by atoms with van der Waals surface area (Å²) in [6.07, 6.45) is 0. The van der Waals surface area contributed by atoms with Crippen molar-refractivity contribution in [3.63, 3.8) is 0 Å². The van der Waals surface area contributed by atoms with Crippen molar-refractivity contribution in [2.24, 2.45) is 0 Å². The van der Waals surface area contributed by atoms with Crippen LogP contribution < -0.4 is 5.32 Å². The molecule has 1 aromatic heterocycles. The predicted molar refractivity (Wildman–Crippen MR) is 77.8 cm³/mol. The van der Waals surface area contributed by atoms with Crippen LogP contribution in [0.3, 0.4) is 0 Å². The van der Waals surface area contributed by atoms with Crippen LogP contribution in [-0.2, 0) is 0 Å². The molecule has 0 radical (unpaired) electrons. The minimum absolute atomic E-state index is 0.149. The van der Waals surface area contributed by atoms with E-state index in [1.807, 2.05) is 18.2 Å². The summed E-state index contributed by atoms with van der Waals surface area (Å²) in [6.45, 7) is 0. The van der Waals surface area contributed by atoms with Crippen LogP contribution in [0.4, 0.5) is 10.1 Å². The maximum absolute atomic E-state index is 13.6. The molecule has 3 aromatic rings. The summed E-state index contributed by atoms with van der Waals surface area (Å²) in [5.74, 6) is -1.62. The minimum Gasteiger partial charge on any atom is -0.506 e. The molecule has 2 aromatic carbocycles. The number of phenols is 1. The lowest BCUT2D eigenvalue weighted by atomic mass is 10.2. The molecule has 21 heavy (non-hydrogen) atoms. The van der Waals surface area contributed by atoms with Gasteiger partial charge < -0.3 is 10.4 Å². The number of hydrogen-bond donors (Lipinski definition) is 2. The van der Waals surface area contributed by atoms with Crippen LogP contribution in [0, 0.1) is 5.82 Å². The van der Waals surface area contributed by atoms with Gasteiger partial charge in [-0.1, -0.05) is 30.3 Å². The molecule has 3 rings (SSSR count). The number of para-hydroxylation sites is 2. The van der Waals surface area contributed by atoms with E-state index in [0.29, 0.717) is 5.52 Å². The van der Waals surface area contributed by atoms with Gasteiger partial charge >= 0.3 is 0 Å². The summed E-state index contributed by atoms with van der Waals surface area (Å²) in [7, 11) is 0. The van der Waals surface area contributed by atoms with Crippen LogP contribution in [-0.4, -0.2) is 16.0 Å². The molecule has 0 aliphatic carbocycles. The van der Waals surface area contributed by atoms with Crippen molar-refractivity contribution in [1.29, 1.82) is 0 Å². The molecule has 0 fully saturated rings. The standard InChI is InChI=1S/C16H11FN2O2/c17-11-5-3-7-14(20)15(11)19-16(21)13-9-8-10-4-1-2-6-12(10)18-13/h1-9,20H,(H,19,21). The Balaban J connectivity index is 1.94. The number of carbonyl (C=O) groups excluding carboxylic acids is 1. The van der Waals surface area contributed by atoms with Crippen molar-refractivity contribution in [3.05, 3.63) is 66.1 Å². The average Bonchev–Trinajstić information content (AvgIpc) is 2.50. The predicted octanol–water partition coefficient (Wildman–Crippen LogP) is 3.33. The topological polar surface area (TPSA) is 62.2 Å². The highest BCUT2D eigenvalue weighted by atomic mass is 19.1. The molecule has 2 N–H and O–H groups in total. The fourth-order valence-corrected chi connectivity index (χ4v) is 2.01. The number of nitrogens with one attached hydrogen (secondary N) is 1. The first-order chi connectivity index (χ1) is 10.1. The zero-order valence-corrected chi connectivity index (χ0v) is 10.9. The number of anilines is 1. The number of fused-ring (bicyclic) bond motifs is 1. The third kappa shape index (κ3) is 2.53. The smallest absolute Gasteiger partial charge is 0.274 e. The van der Waals surface area contributed by atoms with Crippen LogP contribution in [0.5, 0.6) is 5.75 Å². The summed E-state index contributed by atoms with van der Waals surface area (Å²) in [5, 5.41) is 12.8. The number of benzene rings is 2. The van der Waals surface area contributed by atoms with Crippen molar-refractivity contribution in [1.82, 2.24) is 4.98 Å². The SMILES string of the molecule is O=C(Nc1c(O)cccc1F)c1ccc2ccccc2n1. The second-order valence-electron chi connectivity index (χ2n) is 4.48. The first kappa shape index (κ1) is 13.1. The first-order valence-electron chi connectivity index (χ1n) is 6.30. The molecule has 1 heterocycles. The molecule has 0 unspecified atom stereocenters. The number of rotatable bonds is 2. The molecule has 4 nitrogen and oxygen atoms in total. The van der Waals surface area contributed by atoms with Crippen molar-refractivity contribution >= 4 is 22.5 Å². The zero-order valence-electron chi connectivity index (χ0n) is 10.9. The number of halogens is 1. The second kappa shape index (κ2) is 5.20. The third-order valence-corrected chi connectivity index (χ3v) is 3.06. The van der Waals surface area contributed by atoms with Gasteiger partial charge in [-0.25, -0.2) is 9.37 Å². The third-order valence-electron chi connectivity index (χ3n) is 3.06. The normalized spacial score (nSPS) is 10.5. The van der Waals surface area contributed by atoms with Gasteiger partial charge in [0.25, 0.3) is 5.91 Å². The number of aromatic nitrogens is 1. The molecule has 0 atom stereocenters. The van der Waals surface area contributed by atoms with Crippen molar-refractivity contribution in [3.8, 4) is 5.75 Å². The van der Waals surface area contributed by atoms with E-state index in [1.54, 1.807) is 18.2 Å². The molecule has 0 saturated carbocycles. The average molecular weight is 282 g/mol. The Hall–Kier alpha value is -2.95. The van der Waals surface area contributed by atoms with Gasteiger partial charge in [0.1, 0.15) is 17.1 Å². The molecule has 104 valence electrons. The molecule has 0 bridgehead atoms.